The average molecular weight is 378 g/mol. The Morgan fingerprint density at radius 2 is 2.00 bits per heavy atom. The molecule has 4 N–H and O–H groups in total. The number of thiophene rings is 1. The van der Waals surface area contributed by atoms with E-state index < -0.39 is 0 Å². The van der Waals surface area contributed by atoms with Crippen molar-refractivity contribution in [2.24, 2.45) is 0 Å². The smallest absolute Gasteiger partial charge is 0.290 e. The number of fused-ring (bicyclic) bond motifs is 1. The zero-order chi connectivity index (χ0) is 19.6. The molecule has 3 aromatic rings. The van der Waals surface area contributed by atoms with Crippen LogP contribution in [-0.2, 0) is 4.79 Å². The van der Waals surface area contributed by atoms with Gasteiger partial charge in [-0.25, -0.2) is 4.98 Å². The van der Waals surface area contributed by atoms with Gasteiger partial charge in [0, 0.05) is 12.5 Å². The number of aromatic amines is 1. The predicted octanol–water partition coefficient (Wildman–Crippen LogP) is 3.07. The Labute approximate surface area is 159 Å². The molecule has 0 aliphatic rings. The number of H-pyrrole nitrogens is 1. The summed E-state index contributed by atoms with van der Waals surface area (Å²) in [5, 5.41) is 22.4. The van der Waals surface area contributed by atoms with Crippen LogP contribution in [0.4, 0.5) is 11.5 Å². The SMILES string of the molecule is CCOc1ccc(-c2c(C#N)c(N)[nH+]c3sc(C#N)c(NC(C)=O)c23)cc1. The molecule has 0 radical (unpaired) electrons. The molecule has 0 aliphatic carbocycles. The lowest BCUT2D eigenvalue weighted by Gasteiger charge is -2.10. The van der Waals surface area contributed by atoms with Gasteiger partial charge in [-0.15, -0.1) is 0 Å². The number of carbonyl (C=O) groups excluding carboxylic acids is 1. The highest BCUT2D eigenvalue weighted by atomic mass is 32.1. The maximum atomic E-state index is 11.7. The van der Waals surface area contributed by atoms with Crippen molar-refractivity contribution < 1.29 is 14.5 Å². The van der Waals surface area contributed by atoms with Gasteiger partial charge in [0.25, 0.3) is 5.82 Å². The summed E-state index contributed by atoms with van der Waals surface area (Å²) in [6.45, 7) is 3.81. The summed E-state index contributed by atoms with van der Waals surface area (Å²) in [6.07, 6.45) is 0. The van der Waals surface area contributed by atoms with Crippen molar-refractivity contribution in [3.05, 3.63) is 34.7 Å². The van der Waals surface area contributed by atoms with Crippen LogP contribution in [0.1, 0.15) is 24.3 Å². The van der Waals surface area contributed by atoms with E-state index in [0.717, 1.165) is 5.56 Å². The molecule has 0 fully saturated rings. The van der Waals surface area contributed by atoms with Crippen molar-refractivity contribution in [1.29, 1.82) is 10.5 Å². The summed E-state index contributed by atoms with van der Waals surface area (Å²) in [7, 11) is 0. The molecule has 2 heterocycles. The highest BCUT2D eigenvalue weighted by Crippen LogP contribution is 2.42. The standard InChI is InChI=1S/C19H15N5O2S/c1-3-26-12-6-4-11(5-7-12)15-13(8-20)18(22)24-19-16(15)17(23-10(2)25)14(9-21)27-19/h4-7H,3H2,1-2H3,(H2,22,24)(H,23,25)/p+1. The zero-order valence-electron chi connectivity index (χ0n) is 14.7. The van der Waals surface area contributed by atoms with Crippen LogP contribution in [0.5, 0.6) is 5.75 Å². The number of nitrogen functional groups attached to an aromatic ring is 1. The fraction of sp³-hybridized carbons (Fsp3) is 0.158. The van der Waals surface area contributed by atoms with E-state index >= 15 is 0 Å². The Kier molecular flexibility index (Phi) is 4.93. The van der Waals surface area contributed by atoms with Gasteiger partial charge in [-0.2, -0.15) is 10.5 Å². The number of nitrogens with one attached hydrogen (secondary N) is 2. The van der Waals surface area contributed by atoms with Crippen molar-refractivity contribution in [2.75, 3.05) is 17.7 Å². The van der Waals surface area contributed by atoms with Gasteiger partial charge in [-0.3, -0.25) is 10.5 Å². The van der Waals surface area contributed by atoms with E-state index in [1.54, 1.807) is 12.1 Å². The van der Waals surface area contributed by atoms with Crippen molar-refractivity contribution in [1.82, 2.24) is 0 Å². The molecule has 1 aromatic carbocycles. The van der Waals surface area contributed by atoms with Crippen LogP contribution < -0.4 is 20.8 Å². The van der Waals surface area contributed by atoms with Crippen LogP contribution in [0.25, 0.3) is 21.3 Å². The number of amides is 1. The lowest BCUT2D eigenvalue weighted by Crippen LogP contribution is -2.14. The van der Waals surface area contributed by atoms with Crippen LogP contribution in [0.2, 0.25) is 0 Å². The molecule has 0 aliphatic heterocycles. The fourth-order valence-corrected chi connectivity index (χ4v) is 3.84. The number of nitrogens with zero attached hydrogens (tertiary/aromatic N) is 2. The van der Waals surface area contributed by atoms with Gasteiger partial charge in [0.15, 0.2) is 4.83 Å². The van der Waals surface area contributed by atoms with Crippen LogP contribution in [0.3, 0.4) is 0 Å². The summed E-state index contributed by atoms with van der Waals surface area (Å²) in [6, 6.07) is 11.5. The van der Waals surface area contributed by atoms with Crippen LogP contribution in [-0.4, -0.2) is 12.5 Å². The van der Waals surface area contributed by atoms with E-state index in [9.17, 15) is 15.3 Å². The van der Waals surface area contributed by atoms with Crippen molar-refractivity contribution in [2.45, 2.75) is 13.8 Å². The number of hydrogen-bond donors (Lipinski definition) is 2. The van der Waals surface area contributed by atoms with Gasteiger partial charge in [0.05, 0.1) is 17.7 Å². The quantitative estimate of drug-likeness (QED) is 0.721. The number of carbonyl (C=O) groups is 1. The molecular weight excluding hydrogens is 362 g/mol. The predicted molar refractivity (Wildman–Crippen MR) is 103 cm³/mol. The Bertz CT molecular complexity index is 1120. The number of hydrogen-bond acceptors (Lipinski definition) is 6. The molecule has 2 aromatic heterocycles. The summed E-state index contributed by atoms with van der Waals surface area (Å²) >= 11 is 1.17. The van der Waals surface area contributed by atoms with E-state index in [0.29, 0.717) is 38.7 Å². The molecule has 134 valence electrons. The number of nitriles is 2. The van der Waals surface area contributed by atoms with E-state index in [1.165, 1.54) is 18.3 Å². The second-order valence-electron chi connectivity index (χ2n) is 5.66. The van der Waals surface area contributed by atoms with Crippen molar-refractivity contribution >= 4 is 39.0 Å². The topological polar surface area (TPSA) is 126 Å². The minimum Gasteiger partial charge on any atom is -0.494 e. The molecule has 0 spiro atoms. The second-order valence-corrected chi connectivity index (χ2v) is 6.68. The Balaban J connectivity index is 2.38. The average Bonchev–Trinajstić information content (AvgIpc) is 2.98. The largest absolute Gasteiger partial charge is 0.494 e. The van der Waals surface area contributed by atoms with Gasteiger partial charge in [-0.05, 0) is 24.6 Å². The van der Waals surface area contributed by atoms with Crippen molar-refractivity contribution in [3.63, 3.8) is 0 Å². The van der Waals surface area contributed by atoms with Gasteiger partial charge in [0.1, 0.15) is 28.3 Å². The van der Waals surface area contributed by atoms with Crippen LogP contribution in [0, 0.1) is 22.7 Å². The second kappa shape index (κ2) is 7.32. The maximum Gasteiger partial charge on any atom is 0.290 e. The number of pyridine rings is 1. The van der Waals surface area contributed by atoms with Gasteiger partial charge < -0.3 is 10.1 Å². The van der Waals surface area contributed by atoms with Crippen molar-refractivity contribution in [3.8, 4) is 29.0 Å². The Hall–Kier alpha value is -3.62. The summed E-state index contributed by atoms with van der Waals surface area (Å²) < 4.78 is 5.47. The minimum absolute atomic E-state index is 0.203. The minimum atomic E-state index is -0.306. The molecule has 27 heavy (non-hydrogen) atoms. The molecule has 7 nitrogen and oxygen atoms in total. The van der Waals surface area contributed by atoms with Crippen LogP contribution in [0.15, 0.2) is 24.3 Å². The Morgan fingerprint density at radius 1 is 1.30 bits per heavy atom. The number of nitrogens with two attached hydrogens (primary N) is 1. The molecule has 3 rings (SSSR count). The number of benzene rings is 1. The molecule has 0 unspecified atom stereocenters. The van der Waals surface area contributed by atoms with E-state index in [1.807, 2.05) is 19.1 Å². The summed E-state index contributed by atoms with van der Waals surface area (Å²) in [5.74, 6) is 0.602. The first-order valence-electron chi connectivity index (χ1n) is 8.12. The highest BCUT2D eigenvalue weighted by Gasteiger charge is 2.26. The zero-order valence-corrected chi connectivity index (χ0v) is 15.5. The number of ether oxygens (including phenoxy) is 1. The number of aromatic nitrogens is 1. The van der Waals surface area contributed by atoms with Gasteiger partial charge in [-0.1, -0.05) is 23.5 Å². The first kappa shape index (κ1) is 18.2. The molecule has 0 saturated heterocycles. The third-order valence-corrected chi connectivity index (χ3v) is 4.90. The van der Waals surface area contributed by atoms with E-state index in [4.69, 9.17) is 10.5 Å². The molecule has 0 atom stereocenters. The molecule has 8 heteroatoms. The van der Waals surface area contributed by atoms with E-state index in [-0.39, 0.29) is 17.3 Å². The first-order chi connectivity index (χ1) is 13.0. The van der Waals surface area contributed by atoms with E-state index in [2.05, 4.69) is 22.4 Å². The van der Waals surface area contributed by atoms with Crippen LogP contribution >= 0.6 is 11.3 Å². The molecular formula is C19H16N5O2S+. The third-order valence-electron chi connectivity index (χ3n) is 3.89. The lowest BCUT2D eigenvalue weighted by atomic mass is 9.97. The first-order valence-corrected chi connectivity index (χ1v) is 8.94. The number of rotatable bonds is 4. The maximum absolute atomic E-state index is 11.7. The monoisotopic (exact) mass is 378 g/mol. The summed E-state index contributed by atoms with van der Waals surface area (Å²) in [5.41, 5.74) is 7.97. The molecule has 0 saturated carbocycles. The molecule has 1 amide bonds. The summed E-state index contributed by atoms with van der Waals surface area (Å²) in [4.78, 5) is 15.6. The normalized spacial score (nSPS) is 10.2. The van der Waals surface area contributed by atoms with Gasteiger partial charge >= 0.3 is 0 Å². The third kappa shape index (κ3) is 3.26. The van der Waals surface area contributed by atoms with Gasteiger partial charge in [0.2, 0.25) is 5.91 Å². The molecule has 0 bridgehead atoms. The highest BCUT2D eigenvalue weighted by molar-refractivity contribution is 7.19. The number of anilines is 2. The fourth-order valence-electron chi connectivity index (χ4n) is 2.87. The Morgan fingerprint density at radius 3 is 2.56 bits per heavy atom. The lowest BCUT2D eigenvalue weighted by molar-refractivity contribution is -0.323.